The summed E-state index contributed by atoms with van der Waals surface area (Å²) in [6, 6.07) is -0.193. The van der Waals surface area contributed by atoms with Crippen LogP contribution in [0.25, 0.3) is 0 Å². The maximum absolute atomic E-state index is 11.9. The lowest BCUT2D eigenvalue weighted by Gasteiger charge is -2.28. The lowest BCUT2D eigenvalue weighted by atomic mass is 10.0. The second-order valence-electron chi connectivity index (χ2n) is 5.76. The minimum atomic E-state index is -0.891. The summed E-state index contributed by atoms with van der Waals surface area (Å²) in [6.07, 6.45) is 0.609. The lowest BCUT2D eigenvalue weighted by molar-refractivity contribution is -0.142. The number of carboxylic acids is 1. The van der Waals surface area contributed by atoms with Gasteiger partial charge in [-0.2, -0.15) is 0 Å². The molecule has 6 heteroatoms. The zero-order valence-electron chi connectivity index (χ0n) is 11.2. The molecule has 0 bridgehead atoms. The van der Waals surface area contributed by atoms with Crippen molar-refractivity contribution in [3.05, 3.63) is 0 Å². The Bertz CT molecular complexity index is 325. The number of likely N-dealkylation sites (tertiary alicyclic amines) is 1. The van der Waals surface area contributed by atoms with E-state index in [4.69, 9.17) is 15.6 Å². The highest BCUT2D eigenvalue weighted by Crippen LogP contribution is 2.18. The third-order valence-corrected chi connectivity index (χ3v) is 2.78. The zero-order valence-corrected chi connectivity index (χ0v) is 11.2. The van der Waals surface area contributed by atoms with E-state index < -0.39 is 23.6 Å². The number of aliphatic carboxylic acids is 1. The van der Waals surface area contributed by atoms with Crippen molar-refractivity contribution >= 4 is 12.1 Å². The minimum Gasteiger partial charge on any atom is -0.481 e. The van der Waals surface area contributed by atoms with Crippen LogP contribution in [0.15, 0.2) is 0 Å². The van der Waals surface area contributed by atoms with Gasteiger partial charge in [-0.05, 0) is 33.6 Å². The summed E-state index contributed by atoms with van der Waals surface area (Å²) in [5, 5.41) is 9.06. The van der Waals surface area contributed by atoms with E-state index in [-0.39, 0.29) is 12.6 Å². The van der Waals surface area contributed by atoms with Crippen molar-refractivity contribution in [1.29, 1.82) is 0 Å². The van der Waals surface area contributed by atoms with Crippen LogP contribution in [0.1, 0.15) is 33.6 Å². The molecular weight excluding hydrogens is 236 g/mol. The molecule has 104 valence electrons. The summed E-state index contributed by atoms with van der Waals surface area (Å²) in [7, 11) is 0. The van der Waals surface area contributed by atoms with E-state index >= 15 is 0 Å². The molecule has 3 N–H and O–H groups in total. The predicted octanol–water partition coefficient (Wildman–Crippen LogP) is 1.05. The summed E-state index contributed by atoms with van der Waals surface area (Å²) in [6.45, 7) is 5.84. The smallest absolute Gasteiger partial charge is 0.410 e. The molecule has 1 fully saturated rings. The molecule has 0 spiro atoms. The first-order valence-electron chi connectivity index (χ1n) is 6.15. The summed E-state index contributed by atoms with van der Waals surface area (Å²) in [5.41, 5.74) is 5.26. The first kappa shape index (κ1) is 14.8. The monoisotopic (exact) mass is 258 g/mol. The van der Waals surface area contributed by atoms with Gasteiger partial charge in [0.05, 0.1) is 5.92 Å². The second-order valence-corrected chi connectivity index (χ2v) is 5.76. The number of carbonyl (C=O) groups excluding carboxylic acids is 1. The van der Waals surface area contributed by atoms with E-state index in [0.717, 1.165) is 0 Å². The summed E-state index contributed by atoms with van der Waals surface area (Å²) >= 11 is 0. The van der Waals surface area contributed by atoms with Crippen LogP contribution in [0.3, 0.4) is 0 Å². The van der Waals surface area contributed by atoms with E-state index in [1.165, 1.54) is 4.90 Å². The fourth-order valence-corrected chi connectivity index (χ4v) is 1.90. The number of rotatable bonds is 1. The lowest BCUT2D eigenvalue weighted by Crippen LogP contribution is -2.44. The minimum absolute atomic E-state index is 0.165. The van der Waals surface area contributed by atoms with Crippen LogP contribution in [-0.2, 0) is 9.53 Å². The summed E-state index contributed by atoms with van der Waals surface area (Å²) < 4.78 is 5.25. The van der Waals surface area contributed by atoms with E-state index in [1.807, 2.05) is 0 Å². The molecule has 1 saturated heterocycles. The Kier molecular flexibility index (Phi) is 4.56. The Morgan fingerprint density at radius 2 is 1.89 bits per heavy atom. The Balaban J connectivity index is 2.72. The first-order valence-corrected chi connectivity index (χ1v) is 6.15. The number of carboxylic acid groups (broad SMARTS) is 1. The van der Waals surface area contributed by atoms with Gasteiger partial charge in [-0.1, -0.05) is 0 Å². The van der Waals surface area contributed by atoms with Gasteiger partial charge in [0.15, 0.2) is 0 Å². The van der Waals surface area contributed by atoms with Crippen molar-refractivity contribution in [2.24, 2.45) is 11.7 Å². The normalized spacial score (nSPS) is 25.4. The van der Waals surface area contributed by atoms with Gasteiger partial charge in [-0.3, -0.25) is 4.79 Å². The van der Waals surface area contributed by atoms with Crippen LogP contribution < -0.4 is 5.73 Å². The van der Waals surface area contributed by atoms with Crippen molar-refractivity contribution in [3.8, 4) is 0 Å². The van der Waals surface area contributed by atoms with Gasteiger partial charge in [0.1, 0.15) is 5.60 Å². The number of nitrogens with zero attached hydrogens (tertiary/aromatic N) is 1. The van der Waals surface area contributed by atoms with Crippen LogP contribution in [0.5, 0.6) is 0 Å². The third kappa shape index (κ3) is 4.52. The van der Waals surface area contributed by atoms with E-state index in [9.17, 15) is 9.59 Å². The molecule has 18 heavy (non-hydrogen) atoms. The van der Waals surface area contributed by atoms with Crippen LogP contribution in [-0.4, -0.2) is 46.8 Å². The topological polar surface area (TPSA) is 92.9 Å². The molecule has 0 saturated carbocycles. The predicted molar refractivity (Wildman–Crippen MR) is 66.1 cm³/mol. The van der Waals surface area contributed by atoms with Gasteiger partial charge in [0, 0.05) is 19.1 Å². The van der Waals surface area contributed by atoms with Crippen LogP contribution in [0.2, 0.25) is 0 Å². The molecule has 0 radical (unpaired) electrons. The van der Waals surface area contributed by atoms with Crippen LogP contribution in [0, 0.1) is 5.92 Å². The number of hydrogen-bond donors (Lipinski definition) is 2. The van der Waals surface area contributed by atoms with Gasteiger partial charge < -0.3 is 20.5 Å². The molecule has 0 aromatic heterocycles. The zero-order chi connectivity index (χ0) is 13.9. The van der Waals surface area contributed by atoms with Crippen LogP contribution in [0.4, 0.5) is 4.79 Å². The molecule has 2 atom stereocenters. The Morgan fingerprint density at radius 3 is 2.39 bits per heavy atom. The first-order chi connectivity index (χ1) is 8.19. The third-order valence-electron chi connectivity index (χ3n) is 2.78. The van der Waals surface area contributed by atoms with Gasteiger partial charge in [0.25, 0.3) is 0 Å². The van der Waals surface area contributed by atoms with Gasteiger partial charge in [-0.15, -0.1) is 0 Å². The molecule has 1 rings (SSSR count). The maximum atomic E-state index is 11.9. The number of ether oxygens (including phenoxy) is 1. The molecular formula is C12H22N2O4. The standard InChI is InChI=1S/C12H22N2O4/c1-12(2,3)18-11(17)14-6-8(10(15)16)4-5-9(13)7-14/h8-9H,4-7,13H2,1-3H3,(H,15,16)/t8-,9-/m0/s1. The number of amides is 1. The van der Waals surface area contributed by atoms with Crippen molar-refractivity contribution in [2.75, 3.05) is 13.1 Å². The molecule has 0 aromatic carbocycles. The van der Waals surface area contributed by atoms with Gasteiger partial charge in [0.2, 0.25) is 0 Å². The highest BCUT2D eigenvalue weighted by Gasteiger charge is 2.31. The highest BCUT2D eigenvalue weighted by atomic mass is 16.6. The average molecular weight is 258 g/mol. The quantitative estimate of drug-likeness (QED) is 0.733. The van der Waals surface area contributed by atoms with Gasteiger partial charge >= 0.3 is 12.1 Å². The average Bonchev–Trinajstić information content (AvgIpc) is 2.37. The fraction of sp³-hybridized carbons (Fsp3) is 0.833. The Labute approximate surface area is 107 Å². The Morgan fingerprint density at radius 1 is 1.28 bits per heavy atom. The van der Waals surface area contributed by atoms with Crippen LogP contribution >= 0.6 is 0 Å². The molecule has 6 nitrogen and oxygen atoms in total. The number of carbonyl (C=O) groups is 2. The second kappa shape index (κ2) is 5.56. The van der Waals surface area contributed by atoms with Gasteiger partial charge in [-0.25, -0.2) is 4.79 Å². The largest absolute Gasteiger partial charge is 0.481 e. The molecule has 0 aliphatic carbocycles. The molecule has 1 aliphatic rings. The van der Waals surface area contributed by atoms with Crippen molar-refractivity contribution in [3.63, 3.8) is 0 Å². The maximum Gasteiger partial charge on any atom is 0.410 e. The summed E-state index contributed by atoms with van der Waals surface area (Å²) in [4.78, 5) is 24.4. The van der Waals surface area contributed by atoms with E-state index in [2.05, 4.69) is 0 Å². The Hall–Kier alpha value is -1.30. The number of hydrogen-bond acceptors (Lipinski definition) is 4. The SMILES string of the molecule is CC(C)(C)OC(=O)N1C[C@@H](N)CC[C@H](C(=O)O)C1. The molecule has 0 aromatic rings. The molecule has 1 heterocycles. The molecule has 1 aliphatic heterocycles. The number of nitrogens with two attached hydrogens (primary N) is 1. The molecule has 1 amide bonds. The van der Waals surface area contributed by atoms with E-state index in [1.54, 1.807) is 20.8 Å². The fourth-order valence-electron chi connectivity index (χ4n) is 1.90. The highest BCUT2D eigenvalue weighted by molar-refractivity contribution is 5.73. The van der Waals surface area contributed by atoms with Crippen molar-refractivity contribution < 1.29 is 19.4 Å². The molecule has 0 unspecified atom stereocenters. The van der Waals surface area contributed by atoms with Crippen molar-refractivity contribution in [1.82, 2.24) is 4.90 Å². The van der Waals surface area contributed by atoms with Crippen molar-refractivity contribution in [2.45, 2.75) is 45.3 Å². The summed E-state index contributed by atoms with van der Waals surface area (Å²) in [5.74, 6) is -1.45. The van der Waals surface area contributed by atoms with E-state index in [0.29, 0.717) is 19.4 Å².